The maximum Gasteiger partial charge on any atom is 0.315 e. The lowest BCUT2D eigenvalue weighted by molar-refractivity contribution is 0.136. The van der Waals surface area contributed by atoms with Gasteiger partial charge in [0, 0.05) is 5.54 Å². The first-order valence-electron chi connectivity index (χ1n) is 7.87. The van der Waals surface area contributed by atoms with Crippen LogP contribution in [0.15, 0.2) is 24.3 Å². The molecule has 4 N–H and O–H groups in total. The number of phenolic OH excluding ortho intramolecular Hbond substituents is 1. The summed E-state index contributed by atoms with van der Waals surface area (Å²) < 4.78 is 0. The summed E-state index contributed by atoms with van der Waals surface area (Å²) in [6.45, 7) is 6.06. The maximum atomic E-state index is 12.1. The molecule has 22 heavy (non-hydrogen) atoms. The number of urea groups is 1. The number of hydrogen-bond acceptors (Lipinski definition) is 3. The predicted octanol–water partition coefficient (Wildman–Crippen LogP) is 2.69. The Kier molecular flexibility index (Phi) is 4.96. The van der Waals surface area contributed by atoms with E-state index in [9.17, 15) is 15.0 Å². The highest BCUT2D eigenvalue weighted by molar-refractivity contribution is 5.75. The van der Waals surface area contributed by atoms with E-state index in [1.54, 1.807) is 19.1 Å². The number of carbonyl (C=O) groups excluding carboxylic acids is 1. The van der Waals surface area contributed by atoms with E-state index in [1.165, 1.54) is 12.1 Å². The lowest BCUT2D eigenvalue weighted by atomic mass is 10.0. The molecule has 2 rings (SSSR count). The first-order valence-corrected chi connectivity index (χ1v) is 7.87. The predicted molar refractivity (Wildman–Crippen MR) is 85.6 cm³/mol. The van der Waals surface area contributed by atoms with Crippen LogP contribution in [0.1, 0.15) is 51.7 Å². The van der Waals surface area contributed by atoms with Gasteiger partial charge in [0.25, 0.3) is 0 Å². The smallest absolute Gasteiger partial charge is 0.315 e. The largest absolute Gasteiger partial charge is 0.508 e. The van der Waals surface area contributed by atoms with Crippen molar-refractivity contribution < 1.29 is 15.0 Å². The van der Waals surface area contributed by atoms with Gasteiger partial charge in [-0.2, -0.15) is 0 Å². The zero-order valence-electron chi connectivity index (χ0n) is 13.5. The first-order chi connectivity index (χ1) is 10.3. The minimum Gasteiger partial charge on any atom is -0.508 e. The molecule has 0 radical (unpaired) electrons. The molecule has 1 aromatic carbocycles. The standard InChI is InChI=1S/C17H26N2O3/c1-11(2)10-17(8-9-17)19-16(22)18-12(3)15(21)13-4-6-14(20)7-5-13/h4-7,11-12,15,20-21H,8-10H2,1-3H3,(H2,18,19,22)/t12-,15-/m1/s1. The molecule has 1 saturated carbocycles. The fraction of sp³-hybridized carbons (Fsp3) is 0.588. The summed E-state index contributed by atoms with van der Waals surface area (Å²) in [6, 6.07) is 5.69. The molecular weight excluding hydrogens is 280 g/mol. The fourth-order valence-electron chi connectivity index (χ4n) is 2.84. The van der Waals surface area contributed by atoms with Gasteiger partial charge >= 0.3 is 6.03 Å². The van der Waals surface area contributed by atoms with Crippen LogP contribution in [0.2, 0.25) is 0 Å². The second-order valence-corrected chi connectivity index (χ2v) is 6.80. The van der Waals surface area contributed by atoms with Crippen LogP contribution >= 0.6 is 0 Å². The highest BCUT2D eigenvalue weighted by Gasteiger charge is 2.44. The monoisotopic (exact) mass is 306 g/mol. The Labute approximate surface area is 131 Å². The van der Waals surface area contributed by atoms with Crippen LogP contribution in [0.25, 0.3) is 0 Å². The molecule has 0 spiro atoms. The minimum absolute atomic E-state index is 0.0541. The number of rotatable bonds is 6. The molecule has 0 saturated heterocycles. The normalized spacial score (nSPS) is 18.6. The number of carbonyl (C=O) groups is 1. The summed E-state index contributed by atoms with van der Waals surface area (Å²) in [7, 11) is 0. The van der Waals surface area contributed by atoms with Crippen molar-refractivity contribution in [3.05, 3.63) is 29.8 Å². The highest BCUT2D eigenvalue weighted by Crippen LogP contribution is 2.40. The van der Waals surface area contributed by atoms with Crippen molar-refractivity contribution in [2.45, 2.75) is 57.7 Å². The van der Waals surface area contributed by atoms with Crippen molar-refractivity contribution in [3.63, 3.8) is 0 Å². The lowest BCUT2D eigenvalue weighted by Crippen LogP contribution is -2.48. The van der Waals surface area contributed by atoms with Gasteiger partial charge in [-0.25, -0.2) is 4.79 Å². The van der Waals surface area contributed by atoms with Crippen LogP contribution in [0.5, 0.6) is 5.75 Å². The average molecular weight is 306 g/mol. The van der Waals surface area contributed by atoms with E-state index in [1.807, 2.05) is 0 Å². The molecule has 1 aliphatic carbocycles. The molecule has 2 amide bonds. The van der Waals surface area contributed by atoms with Crippen LogP contribution < -0.4 is 10.6 Å². The molecule has 5 nitrogen and oxygen atoms in total. The minimum atomic E-state index is -0.813. The number of nitrogens with one attached hydrogen (secondary N) is 2. The van der Waals surface area contributed by atoms with Crippen molar-refractivity contribution in [2.75, 3.05) is 0 Å². The summed E-state index contributed by atoms with van der Waals surface area (Å²) >= 11 is 0. The number of hydrogen-bond donors (Lipinski definition) is 4. The maximum absolute atomic E-state index is 12.1. The van der Waals surface area contributed by atoms with Crippen molar-refractivity contribution in [3.8, 4) is 5.75 Å². The topological polar surface area (TPSA) is 81.6 Å². The van der Waals surface area contributed by atoms with Gasteiger partial charge in [0.05, 0.1) is 12.1 Å². The number of benzene rings is 1. The van der Waals surface area contributed by atoms with Gasteiger partial charge in [0.2, 0.25) is 0 Å². The third kappa shape index (κ3) is 4.37. The molecule has 0 aliphatic heterocycles. The summed E-state index contributed by atoms with van der Waals surface area (Å²) in [5, 5.41) is 25.4. The van der Waals surface area contributed by atoms with Gasteiger partial charge in [-0.15, -0.1) is 0 Å². The zero-order chi connectivity index (χ0) is 16.3. The number of amides is 2. The number of phenols is 1. The zero-order valence-corrected chi connectivity index (χ0v) is 13.5. The summed E-state index contributed by atoms with van der Waals surface area (Å²) in [5.41, 5.74) is 0.607. The van der Waals surface area contributed by atoms with E-state index in [0.717, 1.165) is 19.3 Å². The van der Waals surface area contributed by atoms with E-state index in [2.05, 4.69) is 24.5 Å². The molecule has 1 aromatic rings. The third-order valence-corrected chi connectivity index (χ3v) is 4.10. The van der Waals surface area contributed by atoms with Crippen LogP contribution in [-0.2, 0) is 0 Å². The second kappa shape index (κ2) is 6.57. The van der Waals surface area contributed by atoms with Crippen LogP contribution in [0, 0.1) is 5.92 Å². The quantitative estimate of drug-likeness (QED) is 0.652. The lowest BCUT2D eigenvalue weighted by Gasteiger charge is -2.24. The molecule has 0 aromatic heterocycles. The number of aromatic hydroxyl groups is 1. The van der Waals surface area contributed by atoms with Crippen molar-refractivity contribution in [1.29, 1.82) is 0 Å². The van der Waals surface area contributed by atoms with Gasteiger partial charge in [0.1, 0.15) is 5.75 Å². The number of aliphatic hydroxyl groups is 1. The number of aliphatic hydroxyl groups excluding tert-OH is 1. The molecule has 0 unspecified atom stereocenters. The van der Waals surface area contributed by atoms with Gasteiger partial charge in [-0.3, -0.25) is 0 Å². The van der Waals surface area contributed by atoms with E-state index in [4.69, 9.17) is 0 Å². The van der Waals surface area contributed by atoms with Crippen molar-refractivity contribution in [1.82, 2.24) is 10.6 Å². The Morgan fingerprint density at radius 2 is 1.82 bits per heavy atom. The Balaban J connectivity index is 1.87. The van der Waals surface area contributed by atoms with Crippen LogP contribution in [0.4, 0.5) is 4.79 Å². The van der Waals surface area contributed by atoms with Crippen LogP contribution in [0.3, 0.4) is 0 Å². The van der Waals surface area contributed by atoms with Crippen molar-refractivity contribution >= 4 is 6.03 Å². The molecule has 1 aliphatic rings. The molecule has 5 heteroatoms. The Hall–Kier alpha value is -1.75. The Bertz CT molecular complexity index is 509. The Morgan fingerprint density at radius 3 is 2.32 bits per heavy atom. The van der Waals surface area contributed by atoms with Crippen molar-refractivity contribution in [2.24, 2.45) is 5.92 Å². The second-order valence-electron chi connectivity index (χ2n) is 6.80. The highest BCUT2D eigenvalue weighted by atomic mass is 16.3. The Morgan fingerprint density at radius 1 is 1.23 bits per heavy atom. The van der Waals surface area contributed by atoms with Gasteiger partial charge < -0.3 is 20.8 Å². The molecular formula is C17H26N2O3. The van der Waals surface area contributed by atoms with Gasteiger partial charge in [-0.1, -0.05) is 26.0 Å². The van der Waals surface area contributed by atoms with E-state index in [-0.39, 0.29) is 17.3 Å². The van der Waals surface area contributed by atoms with E-state index < -0.39 is 12.1 Å². The molecule has 0 bridgehead atoms. The first kappa shape index (κ1) is 16.6. The summed E-state index contributed by atoms with van der Waals surface area (Å²) in [4.78, 5) is 12.1. The van der Waals surface area contributed by atoms with E-state index in [0.29, 0.717) is 11.5 Å². The van der Waals surface area contributed by atoms with Gasteiger partial charge in [0.15, 0.2) is 0 Å². The van der Waals surface area contributed by atoms with Crippen LogP contribution in [-0.4, -0.2) is 27.8 Å². The average Bonchev–Trinajstić information content (AvgIpc) is 3.16. The molecule has 1 fully saturated rings. The van der Waals surface area contributed by atoms with Gasteiger partial charge in [-0.05, 0) is 49.8 Å². The molecule has 2 atom stereocenters. The summed E-state index contributed by atoms with van der Waals surface area (Å²) in [5.74, 6) is 0.696. The summed E-state index contributed by atoms with van der Waals surface area (Å²) in [6.07, 6.45) is 2.21. The fourth-order valence-corrected chi connectivity index (χ4v) is 2.84. The van der Waals surface area contributed by atoms with E-state index >= 15 is 0 Å². The molecule has 122 valence electrons. The third-order valence-electron chi connectivity index (χ3n) is 4.10. The SMILES string of the molecule is CC(C)CC1(NC(=O)N[C@H](C)[C@@H](O)c2ccc(O)cc2)CC1. The molecule has 0 heterocycles.